The van der Waals surface area contributed by atoms with Gasteiger partial charge < -0.3 is 10.4 Å². The minimum atomic E-state index is -0.966. The summed E-state index contributed by atoms with van der Waals surface area (Å²) in [5.41, 5.74) is 3.36. The van der Waals surface area contributed by atoms with Crippen molar-refractivity contribution in [3.05, 3.63) is 90.1 Å². The molecule has 0 aliphatic carbocycles. The van der Waals surface area contributed by atoms with Crippen LogP contribution in [0.3, 0.4) is 0 Å². The summed E-state index contributed by atoms with van der Waals surface area (Å²) in [6, 6.07) is 22.7. The number of pyridine rings is 1. The Morgan fingerprint density at radius 3 is 2.50 bits per heavy atom. The number of hydrogen-bond acceptors (Lipinski definition) is 3. The number of nitrogens with zero attached hydrogens (tertiary/aromatic N) is 2. The normalized spacial score (nSPS) is 10.8. The van der Waals surface area contributed by atoms with E-state index in [-0.39, 0.29) is 5.56 Å². The molecule has 2 heterocycles. The van der Waals surface area contributed by atoms with Gasteiger partial charge in [-0.3, -0.25) is 4.40 Å². The molecule has 4 rings (SSSR count). The Morgan fingerprint density at radius 2 is 1.69 bits per heavy atom. The number of benzene rings is 2. The van der Waals surface area contributed by atoms with Crippen LogP contribution in [0.5, 0.6) is 0 Å². The van der Waals surface area contributed by atoms with E-state index >= 15 is 0 Å². The number of rotatable bonds is 5. The standard InChI is InChI=1S/C21H17N3O2/c25-21(26)17-11-5-4-10-16(17)19-20(22-14-15-8-2-1-3-9-15)24-13-7-6-12-18(24)23-19/h1-13,22H,14H2,(H,25,26). The first kappa shape index (κ1) is 15.9. The number of carboxylic acids is 1. The highest BCUT2D eigenvalue weighted by atomic mass is 16.4. The third-order valence-electron chi connectivity index (χ3n) is 4.25. The molecule has 0 saturated heterocycles. The second-order valence-electron chi connectivity index (χ2n) is 5.93. The summed E-state index contributed by atoms with van der Waals surface area (Å²) >= 11 is 0. The van der Waals surface area contributed by atoms with E-state index in [1.54, 1.807) is 18.2 Å². The van der Waals surface area contributed by atoms with Crippen LogP contribution in [-0.2, 0) is 6.54 Å². The van der Waals surface area contributed by atoms with Gasteiger partial charge >= 0.3 is 5.97 Å². The number of aromatic nitrogens is 2. The molecule has 0 radical (unpaired) electrons. The van der Waals surface area contributed by atoms with Gasteiger partial charge in [0, 0.05) is 18.3 Å². The van der Waals surface area contributed by atoms with Gasteiger partial charge in [0.25, 0.3) is 0 Å². The van der Waals surface area contributed by atoms with Crippen molar-refractivity contribution in [3.63, 3.8) is 0 Å². The molecule has 0 aliphatic rings. The maximum Gasteiger partial charge on any atom is 0.336 e. The Kier molecular flexibility index (Phi) is 4.11. The van der Waals surface area contributed by atoms with E-state index in [1.165, 1.54) is 0 Å². The maximum atomic E-state index is 11.6. The summed E-state index contributed by atoms with van der Waals surface area (Å²) in [7, 11) is 0. The number of aromatic carboxylic acids is 1. The molecular weight excluding hydrogens is 326 g/mol. The lowest BCUT2D eigenvalue weighted by Gasteiger charge is -2.10. The average Bonchev–Trinajstić information content (AvgIpc) is 3.05. The molecule has 2 N–H and O–H groups in total. The molecule has 0 fully saturated rings. The summed E-state index contributed by atoms with van der Waals surface area (Å²) < 4.78 is 1.94. The van der Waals surface area contributed by atoms with Gasteiger partial charge in [-0.05, 0) is 23.8 Å². The van der Waals surface area contributed by atoms with Crippen molar-refractivity contribution in [1.29, 1.82) is 0 Å². The number of anilines is 1. The highest BCUT2D eigenvalue weighted by Crippen LogP contribution is 2.31. The Balaban J connectivity index is 1.83. The fraction of sp³-hybridized carbons (Fsp3) is 0.0476. The maximum absolute atomic E-state index is 11.6. The molecular formula is C21H17N3O2. The average molecular weight is 343 g/mol. The minimum absolute atomic E-state index is 0.235. The lowest BCUT2D eigenvalue weighted by Crippen LogP contribution is -2.05. The summed E-state index contributed by atoms with van der Waals surface area (Å²) in [5.74, 6) is -0.190. The van der Waals surface area contributed by atoms with Gasteiger partial charge in [0.1, 0.15) is 17.2 Å². The quantitative estimate of drug-likeness (QED) is 0.567. The van der Waals surface area contributed by atoms with E-state index < -0.39 is 5.97 Å². The third kappa shape index (κ3) is 2.91. The first-order valence-corrected chi connectivity index (χ1v) is 8.31. The monoisotopic (exact) mass is 343 g/mol. The molecule has 0 saturated carbocycles. The summed E-state index contributed by atoms with van der Waals surface area (Å²) in [5, 5.41) is 13.0. The second-order valence-corrected chi connectivity index (χ2v) is 5.93. The molecule has 0 bridgehead atoms. The molecule has 0 spiro atoms. The Bertz CT molecular complexity index is 1070. The van der Waals surface area contributed by atoms with Crippen molar-refractivity contribution >= 4 is 17.4 Å². The van der Waals surface area contributed by atoms with Crippen molar-refractivity contribution in [2.24, 2.45) is 0 Å². The van der Waals surface area contributed by atoms with E-state index in [4.69, 9.17) is 0 Å². The van der Waals surface area contributed by atoms with Crippen LogP contribution in [0.1, 0.15) is 15.9 Å². The van der Waals surface area contributed by atoms with Gasteiger partial charge in [-0.1, -0.05) is 54.6 Å². The van der Waals surface area contributed by atoms with E-state index in [0.717, 1.165) is 17.0 Å². The molecule has 2 aromatic heterocycles. The minimum Gasteiger partial charge on any atom is -0.478 e. The Hall–Kier alpha value is -3.60. The molecule has 2 aromatic carbocycles. The fourth-order valence-electron chi connectivity index (χ4n) is 3.01. The van der Waals surface area contributed by atoms with Crippen molar-refractivity contribution < 1.29 is 9.90 Å². The van der Waals surface area contributed by atoms with Gasteiger partial charge in [0.05, 0.1) is 5.56 Å². The third-order valence-corrected chi connectivity index (χ3v) is 4.25. The van der Waals surface area contributed by atoms with Crippen LogP contribution in [0, 0.1) is 0 Å². The second kappa shape index (κ2) is 6.72. The lowest BCUT2D eigenvalue weighted by molar-refractivity contribution is 0.0697. The molecule has 0 amide bonds. The van der Waals surface area contributed by atoms with E-state index in [2.05, 4.69) is 10.3 Å². The molecule has 0 aliphatic heterocycles. The molecule has 5 nitrogen and oxygen atoms in total. The van der Waals surface area contributed by atoms with Crippen LogP contribution in [0.4, 0.5) is 5.82 Å². The van der Waals surface area contributed by atoms with Crippen LogP contribution in [0.2, 0.25) is 0 Å². The predicted octanol–water partition coefficient (Wildman–Crippen LogP) is 4.31. The predicted molar refractivity (Wildman–Crippen MR) is 101 cm³/mol. The summed E-state index contributed by atoms with van der Waals surface area (Å²) in [4.78, 5) is 16.3. The van der Waals surface area contributed by atoms with Crippen LogP contribution >= 0.6 is 0 Å². The first-order valence-electron chi connectivity index (χ1n) is 8.31. The highest BCUT2D eigenvalue weighted by molar-refractivity contribution is 5.97. The first-order chi connectivity index (χ1) is 12.7. The lowest BCUT2D eigenvalue weighted by atomic mass is 10.0. The zero-order valence-electron chi connectivity index (χ0n) is 14.0. The van der Waals surface area contributed by atoms with E-state index in [1.807, 2.05) is 65.2 Å². The van der Waals surface area contributed by atoms with Gasteiger partial charge in [0.2, 0.25) is 0 Å². The SMILES string of the molecule is O=C(O)c1ccccc1-c1nc2ccccn2c1NCc1ccccc1. The van der Waals surface area contributed by atoms with E-state index in [9.17, 15) is 9.90 Å². The fourth-order valence-corrected chi connectivity index (χ4v) is 3.01. The van der Waals surface area contributed by atoms with E-state index in [0.29, 0.717) is 17.8 Å². The van der Waals surface area contributed by atoms with Crippen molar-refractivity contribution in [2.75, 3.05) is 5.32 Å². The summed E-state index contributed by atoms with van der Waals surface area (Å²) in [6.45, 7) is 0.617. The van der Waals surface area contributed by atoms with Crippen molar-refractivity contribution in [3.8, 4) is 11.3 Å². The molecule has 4 aromatic rings. The zero-order chi connectivity index (χ0) is 17.9. The Labute approximate surface area is 150 Å². The van der Waals surface area contributed by atoms with Crippen LogP contribution < -0.4 is 5.32 Å². The van der Waals surface area contributed by atoms with Crippen LogP contribution in [0.15, 0.2) is 79.0 Å². The zero-order valence-corrected chi connectivity index (χ0v) is 14.0. The molecule has 5 heteroatoms. The number of carboxylic acid groups (broad SMARTS) is 1. The number of nitrogens with one attached hydrogen (secondary N) is 1. The topological polar surface area (TPSA) is 66.6 Å². The number of hydrogen-bond donors (Lipinski definition) is 2. The van der Waals surface area contributed by atoms with Crippen molar-refractivity contribution in [1.82, 2.24) is 9.38 Å². The molecule has 26 heavy (non-hydrogen) atoms. The molecule has 0 atom stereocenters. The largest absolute Gasteiger partial charge is 0.478 e. The van der Waals surface area contributed by atoms with Gasteiger partial charge in [0.15, 0.2) is 0 Å². The smallest absolute Gasteiger partial charge is 0.336 e. The van der Waals surface area contributed by atoms with Crippen LogP contribution in [-0.4, -0.2) is 20.5 Å². The van der Waals surface area contributed by atoms with Gasteiger partial charge in [-0.25, -0.2) is 9.78 Å². The van der Waals surface area contributed by atoms with Crippen LogP contribution in [0.25, 0.3) is 16.9 Å². The molecule has 128 valence electrons. The van der Waals surface area contributed by atoms with Crippen molar-refractivity contribution in [2.45, 2.75) is 6.54 Å². The number of imidazole rings is 1. The highest BCUT2D eigenvalue weighted by Gasteiger charge is 2.19. The van der Waals surface area contributed by atoms with Gasteiger partial charge in [-0.2, -0.15) is 0 Å². The summed E-state index contributed by atoms with van der Waals surface area (Å²) in [6.07, 6.45) is 1.92. The number of carbonyl (C=O) groups is 1. The Morgan fingerprint density at radius 1 is 0.962 bits per heavy atom. The molecule has 0 unspecified atom stereocenters. The van der Waals surface area contributed by atoms with Gasteiger partial charge in [-0.15, -0.1) is 0 Å². The number of fused-ring (bicyclic) bond motifs is 1.